The molecule has 0 spiro atoms. The molecule has 37 heavy (non-hydrogen) atoms. The van der Waals surface area contributed by atoms with Gasteiger partial charge in [0.25, 0.3) is 6.54 Å². The number of carboxylic acids is 1. The fourth-order valence-electron chi connectivity index (χ4n) is 7.08. The number of benzene rings is 2. The van der Waals surface area contributed by atoms with Crippen molar-refractivity contribution in [3.63, 3.8) is 0 Å². The molecule has 3 aliphatic rings. The van der Waals surface area contributed by atoms with Crippen LogP contribution < -0.4 is 10.2 Å². The van der Waals surface area contributed by atoms with Crippen molar-refractivity contribution in [3.05, 3.63) is 64.6 Å². The molecule has 1 aliphatic carbocycles. The lowest BCUT2D eigenvalue weighted by atomic mass is 9.61. The van der Waals surface area contributed by atoms with Crippen LogP contribution in [0.3, 0.4) is 0 Å². The van der Waals surface area contributed by atoms with E-state index in [-0.39, 0.29) is 24.2 Å². The van der Waals surface area contributed by atoms with Crippen molar-refractivity contribution in [1.29, 1.82) is 0 Å². The van der Waals surface area contributed by atoms with E-state index in [2.05, 4.69) is 12.3 Å². The van der Waals surface area contributed by atoms with Gasteiger partial charge >= 0.3 is 5.97 Å². The second-order valence-corrected chi connectivity index (χ2v) is 11.2. The smallest absolute Gasteiger partial charge is 0.306 e. The van der Waals surface area contributed by atoms with E-state index in [4.69, 9.17) is 4.74 Å². The van der Waals surface area contributed by atoms with E-state index in [1.807, 2.05) is 48.5 Å². The van der Waals surface area contributed by atoms with E-state index in [0.29, 0.717) is 11.3 Å². The van der Waals surface area contributed by atoms with Crippen LogP contribution in [0.4, 0.5) is 0 Å². The highest BCUT2D eigenvalue weighted by Gasteiger charge is 2.73. The van der Waals surface area contributed by atoms with Crippen molar-refractivity contribution in [3.8, 4) is 11.5 Å². The van der Waals surface area contributed by atoms with Gasteiger partial charge in [-0.25, -0.2) is 0 Å². The molecule has 2 heterocycles. The molecule has 2 aromatic rings. The predicted molar refractivity (Wildman–Crippen MR) is 140 cm³/mol. The first kappa shape index (κ1) is 25.4. The Kier molecular flexibility index (Phi) is 6.82. The Morgan fingerprint density at radius 3 is 2.22 bits per heavy atom. The van der Waals surface area contributed by atoms with Crippen molar-refractivity contribution < 1.29 is 24.3 Å². The standard InChI is InChI=1S/C30H36N2O5/c1-3-4-5-6-13-24(20(2)28(34)35)29(16-17-29)30(27(33)19-32(36)31-30)18-23-21-11-7-9-14-25(21)37-26-15-10-8-12-22(23)26/h7-12,14-15,20,23-24H,3-6,13,16-19H2,1-2H3,(H-,31,34,35,36)/p+1. The van der Waals surface area contributed by atoms with E-state index in [1.165, 1.54) is 0 Å². The fourth-order valence-corrected chi connectivity index (χ4v) is 7.08. The molecule has 196 valence electrons. The van der Waals surface area contributed by atoms with Gasteiger partial charge in [0.1, 0.15) is 16.4 Å². The fraction of sp³-hybridized carbons (Fsp3) is 0.533. The molecule has 7 heteroatoms. The van der Waals surface area contributed by atoms with Gasteiger partial charge in [-0.3, -0.25) is 9.59 Å². The zero-order chi connectivity index (χ0) is 26.2. The SMILES string of the molecule is CCCCCCC(C(C)C(=O)O)C1(C2(CC3c4ccccc4Oc4ccccc43)N[N+](=O)CC2=O)CC1. The summed E-state index contributed by atoms with van der Waals surface area (Å²) in [5, 5.41) is 10.1. The van der Waals surface area contributed by atoms with Crippen LogP contribution >= 0.6 is 0 Å². The quantitative estimate of drug-likeness (QED) is 0.287. The van der Waals surface area contributed by atoms with Gasteiger partial charge in [0.05, 0.1) is 10.8 Å². The van der Waals surface area contributed by atoms with Crippen LogP contribution in [0, 0.1) is 22.2 Å². The molecule has 3 atom stereocenters. The lowest BCUT2D eigenvalue weighted by Gasteiger charge is -2.42. The average molecular weight is 506 g/mol. The number of nitrogens with one attached hydrogen (secondary N) is 1. The predicted octanol–water partition coefficient (Wildman–Crippen LogP) is 6.01. The molecular weight excluding hydrogens is 468 g/mol. The Morgan fingerprint density at radius 2 is 1.70 bits per heavy atom. The number of fused-ring (bicyclic) bond motifs is 2. The number of carbonyl (C=O) groups excluding carboxylic acids is 1. The van der Waals surface area contributed by atoms with Gasteiger partial charge in [-0.2, -0.15) is 0 Å². The first-order chi connectivity index (χ1) is 17.8. The van der Waals surface area contributed by atoms with Crippen molar-refractivity contribution in [2.45, 2.75) is 76.7 Å². The number of nitroso groups, excluding NO2 is 1. The third-order valence-electron chi connectivity index (χ3n) is 9.11. The van der Waals surface area contributed by atoms with Crippen LogP contribution in [0.2, 0.25) is 0 Å². The summed E-state index contributed by atoms with van der Waals surface area (Å²) in [6.45, 7) is 3.70. The van der Waals surface area contributed by atoms with E-state index in [0.717, 1.165) is 67.6 Å². The summed E-state index contributed by atoms with van der Waals surface area (Å²) >= 11 is 0. The number of carboxylic acid groups (broad SMARTS) is 1. The maximum absolute atomic E-state index is 13.9. The second-order valence-electron chi connectivity index (χ2n) is 11.2. The summed E-state index contributed by atoms with van der Waals surface area (Å²) in [7, 11) is 0. The average Bonchev–Trinajstić information content (AvgIpc) is 3.64. The lowest BCUT2D eigenvalue weighted by Crippen LogP contribution is -2.59. The highest BCUT2D eigenvalue weighted by atomic mass is 16.5. The largest absolute Gasteiger partial charge is 0.481 e. The highest BCUT2D eigenvalue weighted by molar-refractivity contribution is 5.92. The molecule has 1 saturated carbocycles. The summed E-state index contributed by atoms with van der Waals surface area (Å²) in [5.74, 6) is -0.426. The number of hydrogen-bond donors (Lipinski definition) is 2. The van der Waals surface area contributed by atoms with Gasteiger partial charge in [0, 0.05) is 22.5 Å². The minimum Gasteiger partial charge on any atom is -0.481 e. The van der Waals surface area contributed by atoms with Gasteiger partial charge in [0.15, 0.2) is 5.54 Å². The Morgan fingerprint density at radius 1 is 1.08 bits per heavy atom. The van der Waals surface area contributed by atoms with Crippen LogP contribution in [0.15, 0.2) is 48.5 Å². The summed E-state index contributed by atoms with van der Waals surface area (Å²) in [6, 6.07) is 15.7. The number of nitrogens with zero attached hydrogens (tertiary/aromatic N) is 1. The van der Waals surface area contributed by atoms with Crippen LogP contribution in [-0.4, -0.2) is 33.8 Å². The number of ketones is 1. The zero-order valence-electron chi connectivity index (χ0n) is 21.7. The number of carbonyl (C=O) groups is 2. The van der Waals surface area contributed by atoms with Crippen molar-refractivity contribution in [1.82, 2.24) is 5.43 Å². The van der Waals surface area contributed by atoms with Crippen LogP contribution in [0.25, 0.3) is 0 Å². The first-order valence-electron chi connectivity index (χ1n) is 13.7. The van der Waals surface area contributed by atoms with Gasteiger partial charge in [0.2, 0.25) is 5.78 Å². The van der Waals surface area contributed by atoms with Gasteiger partial charge in [-0.15, -0.1) is 5.43 Å². The number of hydrogen-bond acceptors (Lipinski definition) is 4. The summed E-state index contributed by atoms with van der Waals surface area (Å²) < 4.78 is 6.19. The minimum atomic E-state index is -1.13. The number of aliphatic carboxylic acids is 1. The maximum Gasteiger partial charge on any atom is 0.306 e. The van der Waals surface area contributed by atoms with Gasteiger partial charge in [-0.1, -0.05) is 75.9 Å². The number of rotatable bonds is 11. The Hall–Kier alpha value is -3.22. The number of unbranched alkanes of at least 4 members (excludes halogenated alkanes) is 3. The summed E-state index contributed by atoms with van der Waals surface area (Å²) in [6.07, 6.45) is 6.77. The molecule has 0 amide bonds. The highest BCUT2D eigenvalue weighted by Crippen LogP contribution is 2.66. The number of hydrazine groups is 1. The van der Waals surface area contributed by atoms with Crippen LogP contribution in [0.1, 0.15) is 82.3 Å². The topological polar surface area (TPSA) is 95.7 Å². The van der Waals surface area contributed by atoms with Crippen LogP contribution in [0.5, 0.6) is 11.5 Å². The Labute approximate surface area is 218 Å². The van der Waals surface area contributed by atoms with E-state index in [1.54, 1.807) is 6.92 Å². The number of para-hydroxylation sites is 2. The number of Topliss-reactive ketones (excluding diaryl/α,β-unsaturated/α-hetero) is 1. The third kappa shape index (κ3) is 4.32. The molecule has 1 saturated heterocycles. The van der Waals surface area contributed by atoms with Gasteiger partial charge < -0.3 is 9.84 Å². The Balaban J connectivity index is 1.58. The van der Waals surface area contributed by atoms with E-state index < -0.39 is 22.8 Å². The normalized spacial score (nSPS) is 23.4. The van der Waals surface area contributed by atoms with Gasteiger partial charge in [-0.05, 0) is 43.7 Å². The van der Waals surface area contributed by atoms with Crippen molar-refractivity contribution >= 4 is 11.8 Å². The summed E-state index contributed by atoms with van der Waals surface area (Å²) in [4.78, 5) is 39.6. The molecule has 0 bridgehead atoms. The molecule has 0 radical (unpaired) electrons. The molecule has 5 rings (SSSR count). The molecule has 3 unspecified atom stereocenters. The summed E-state index contributed by atoms with van der Waals surface area (Å²) in [5.41, 5.74) is 3.37. The molecule has 2 N–H and O–H groups in total. The molecule has 2 fully saturated rings. The zero-order valence-corrected chi connectivity index (χ0v) is 21.7. The molecule has 7 nitrogen and oxygen atoms in total. The van der Waals surface area contributed by atoms with E-state index in [9.17, 15) is 19.6 Å². The molecular formula is C30H37N2O5+. The third-order valence-corrected chi connectivity index (χ3v) is 9.11. The number of ether oxygens (including phenoxy) is 1. The Bertz CT molecular complexity index is 1160. The molecule has 0 aromatic heterocycles. The lowest BCUT2D eigenvalue weighted by molar-refractivity contribution is -0.592. The minimum absolute atomic E-state index is 0.127. The maximum atomic E-state index is 13.9. The van der Waals surface area contributed by atoms with E-state index >= 15 is 0 Å². The molecule has 2 aromatic carbocycles. The van der Waals surface area contributed by atoms with Crippen molar-refractivity contribution in [2.24, 2.45) is 17.3 Å². The molecule has 2 aliphatic heterocycles. The first-order valence-corrected chi connectivity index (χ1v) is 13.7. The second kappa shape index (κ2) is 9.92. The van der Waals surface area contributed by atoms with Crippen LogP contribution in [-0.2, 0) is 9.59 Å². The monoisotopic (exact) mass is 505 g/mol. The van der Waals surface area contributed by atoms with Crippen molar-refractivity contribution in [2.75, 3.05) is 6.54 Å².